The number of nitriles is 1. The van der Waals surface area contributed by atoms with E-state index in [1.165, 1.54) is 11.3 Å². The van der Waals surface area contributed by atoms with Crippen molar-refractivity contribution in [2.75, 3.05) is 5.32 Å². The van der Waals surface area contributed by atoms with E-state index in [9.17, 15) is 9.59 Å². The van der Waals surface area contributed by atoms with Crippen LogP contribution in [0.3, 0.4) is 0 Å². The van der Waals surface area contributed by atoms with Crippen LogP contribution in [0.2, 0.25) is 0 Å². The largest absolute Gasteiger partial charge is 0.317 e. The average molecular weight is 312 g/mol. The van der Waals surface area contributed by atoms with Gasteiger partial charge >= 0.3 is 0 Å². The van der Waals surface area contributed by atoms with E-state index in [-0.39, 0.29) is 24.5 Å². The second-order valence-corrected chi connectivity index (χ2v) is 6.16. The summed E-state index contributed by atoms with van der Waals surface area (Å²) in [5.41, 5.74) is 2.00. The lowest BCUT2D eigenvalue weighted by atomic mass is 10.1. The number of hydrogen-bond acceptors (Lipinski definition) is 4. The first kappa shape index (κ1) is 15.9. The van der Waals surface area contributed by atoms with E-state index < -0.39 is 0 Å². The van der Waals surface area contributed by atoms with E-state index in [1.54, 1.807) is 24.3 Å². The van der Waals surface area contributed by atoms with Gasteiger partial charge in [0.25, 0.3) is 0 Å². The van der Waals surface area contributed by atoms with Crippen molar-refractivity contribution in [3.05, 3.63) is 51.9 Å². The molecule has 0 radical (unpaired) electrons. The van der Waals surface area contributed by atoms with Crippen molar-refractivity contribution in [3.8, 4) is 6.07 Å². The normalized spacial score (nSPS) is 10.0. The lowest BCUT2D eigenvalue weighted by Gasteiger charge is -2.03. The van der Waals surface area contributed by atoms with E-state index in [0.717, 1.165) is 10.4 Å². The Kier molecular flexibility index (Phi) is 5.08. The summed E-state index contributed by atoms with van der Waals surface area (Å²) < 4.78 is 0. The Morgan fingerprint density at radius 3 is 2.50 bits per heavy atom. The maximum absolute atomic E-state index is 12.0. The van der Waals surface area contributed by atoms with Gasteiger partial charge in [0.05, 0.1) is 5.56 Å². The van der Waals surface area contributed by atoms with Crippen molar-refractivity contribution in [1.29, 1.82) is 5.26 Å². The quantitative estimate of drug-likeness (QED) is 0.853. The molecule has 0 saturated heterocycles. The summed E-state index contributed by atoms with van der Waals surface area (Å²) in [4.78, 5) is 24.9. The molecule has 1 aromatic carbocycles. The molecule has 2 rings (SSSR count). The number of rotatable bonds is 5. The van der Waals surface area contributed by atoms with Gasteiger partial charge in [-0.1, -0.05) is 30.3 Å². The van der Waals surface area contributed by atoms with Gasteiger partial charge in [-0.05, 0) is 19.4 Å². The Bertz CT molecular complexity index is 742. The molecule has 0 aliphatic heterocycles. The second-order valence-electron chi connectivity index (χ2n) is 4.94. The molecule has 0 aliphatic carbocycles. The molecule has 5 heteroatoms. The molecule has 0 saturated carbocycles. The molecular formula is C17H16N2O2S. The molecule has 1 heterocycles. The van der Waals surface area contributed by atoms with Crippen LogP contribution >= 0.6 is 11.3 Å². The topological polar surface area (TPSA) is 70.0 Å². The number of benzene rings is 1. The molecule has 0 atom stereocenters. The summed E-state index contributed by atoms with van der Waals surface area (Å²) in [7, 11) is 0. The smallest absolute Gasteiger partial charge is 0.225 e. The van der Waals surface area contributed by atoms with Crippen molar-refractivity contribution in [2.24, 2.45) is 0 Å². The highest BCUT2D eigenvalue weighted by molar-refractivity contribution is 7.16. The van der Waals surface area contributed by atoms with Crippen LogP contribution in [0.25, 0.3) is 0 Å². The number of thiophene rings is 1. The van der Waals surface area contributed by atoms with Crippen molar-refractivity contribution >= 4 is 28.0 Å². The van der Waals surface area contributed by atoms with Crippen molar-refractivity contribution in [1.82, 2.24) is 0 Å². The minimum absolute atomic E-state index is 0.0604. The average Bonchev–Trinajstić information content (AvgIpc) is 2.79. The van der Waals surface area contributed by atoms with Crippen LogP contribution in [0, 0.1) is 25.2 Å². The summed E-state index contributed by atoms with van der Waals surface area (Å²) in [6.45, 7) is 3.77. The van der Waals surface area contributed by atoms with Crippen LogP contribution in [0.4, 0.5) is 5.00 Å². The standard InChI is InChI=1S/C17H16N2O2S/c1-11-12(2)22-17(14(11)10-18)19-16(21)9-8-15(20)13-6-4-3-5-7-13/h3-7H,8-9H2,1-2H3,(H,19,21). The summed E-state index contributed by atoms with van der Waals surface area (Å²) in [5.74, 6) is -0.308. The number of nitrogens with zero attached hydrogens (tertiary/aromatic N) is 1. The van der Waals surface area contributed by atoms with E-state index in [1.807, 2.05) is 19.9 Å². The fraction of sp³-hybridized carbons (Fsp3) is 0.235. The molecule has 1 amide bonds. The van der Waals surface area contributed by atoms with E-state index in [2.05, 4.69) is 11.4 Å². The second kappa shape index (κ2) is 7.01. The molecule has 112 valence electrons. The number of aryl methyl sites for hydroxylation is 1. The minimum atomic E-state index is -0.248. The lowest BCUT2D eigenvalue weighted by Crippen LogP contribution is -2.13. The number of Topliss-reactive ketones (excluding diaryl/α,β-unsaturated/α-hetero) is 1. The van der Waals surface area contributed by atoms with Crippen molar-refractivity contribution < 1.29 is 9.59 Å². The van der Waals surface area contributed by atoms with Crippen LogP contribution in [-0.2, 0) is 4.79 Å². The highest BCUT2D eigenvalue weighted by Gasteiger charge is 2.15. The van der Waals surface area contributed by atoms with Gasteiger partial charge in [-0.3, -0.25) is 9.59 Å². The summed E-state index contributed by atoms with van der Waals surface area (Å²) in [6.07, 6.45) is 0.260. The van der Waals surface area contributed by atoms with Crippen LogP contribution in [-0.4, -0.2) is 11.7 Å². The van der Waals surface area contributed by atoms with Gasteiger partial charge in [-0.2, -0.15) is 5.26 Å². The van der Waals surface area contributed by atoms with Gasteiger partial charge in [0.2, 0.25) is 5.91 Å². The van der Waals surface area contributed by atoms with E-state index in [4.69, 9.17) is 5.26 Å². The highest BCUT2D eigenvalue weighted by Crippen LogP contribution is 2.31. The molecule has 0 fully saturated rings. The molecule has 1 aromatic heterocycles. The third kappa shape index (κ3) is 3.60. The Hall–Kier alpha value is -2.45. The van der Waals surface area contributed by atoms with Gasteiger partial charge < -0.3 is 5.32 Å². The fourth-order valence-corrected chi connectivity index (χ4v) is 3.06. The van der Waals surface area contributed by atoms with Gasteiger partial charge in [-0.15, -0.1) is 11.3 Å². The zero-order valence-electron chi connectivity index (χ0n) is 12.5. The Balaban J connectivity index is 1.96. The molecule has 2 aromatic rings. The zero-order chi connectivity index (χ0) is 16.1. The number of carbonyl (C=O) groups is 2. The predicted molar refractivity (Wildman–Crippen MR) is 87.1 cm³/mol. The molecule has 22 heavy (non-hydrogen) atoms. The van der Waals surface area contributed by atoms with Crippen molar-refractivity contribution in [3.63, 3.8) is 0 Å². The molecule has 0 unspecified atom stereocenters. The number of nitrogens with one attached hydrogen (secondary N) is 1. The summed E-state index contributed by atoms with van der Waals surface area (Å²) in [6, 6.07) is 11.0. The van der Waals surface area contributed by atoms with Gasteiger partial charge in [0, 0.05) is 23.3 Å². The highest BCUT2D eigenvalue weighted by atomic mass is 32.1. The number of hydrogen-bond donors (Lipinski definition) is 1. The summed E-state index contributed by atoms with van der Waals surface area (Å²) in [5, 5.41) is 12.4. The third-order valence-corrected chi connectivity index (χ3v) is 4.55. The molecule has 1 N–H and O–H groups in total. The summed E-state index contributed by atoms with van der Waals surface area (Å²) >= 11 is 1.39. The van der Waals surface area contributed by atoms with Crippen LogP contribution in [0.15, 0.2) is 30.3 Å². The zero-order valence-corrected chi connectivity index (χ0v) is 13.3. The molecule has 0 spiro atoms. The van der Waals surface area contributed by atoms with Gasteiger partial charge in [0.15, 0.2) is 5.78 Å². The fourth-order valence-electron chi connectivity index (χ4n) is 2.03. The Morgan fingerprint density at radius 1 is 1.18 bits per heavy atom. The van der Waals surface area contributed by atoms with E-state index >= 15 is 0 Å². The van der Waals surface area contributed by atoms with Gasteiger partial charge in [-0.25, -0.2) is 0 Å². The number of anilines is 1. The lowest BCUT2D eigenvalue weighted by molar-refractivity contribution is -0.116. The van der Waals surface area contributed by atoms with Crippen LogP contribution in [0.5, 0.6) is 0 Å². The monoisotopic (exact) mass is 312 g/mol. The van der Waals surface area contributed by atoms with Crippen molar-refractivity contribution in [2.45, 2.75) is 26.7 Å². The Labute approximate surface area is 133 Å². The minimum Gasteiger partial charge on any atom is -0.317 e. The van der Waals surface area contributed by atoms with E-state index in [0.29, 0.717) is 16.1 Å². The number of amides is 1. The number of carbonyl (C=O) groups excluding carboxylic acids is 2. The maximum atomic E-state index is 12.0. The van der Waals surface area contributed by atoms with Crippen LogP contribution in [0.1, 0.15) is 39.2 Å². The van der Waals surface area contributed by atoms with Gasteiger partial charge in [0.1, 0.15) is 11.1 Å². The molecule has 0 aliphatic rings. The molecule has 4 nitrogen and oxygen atoms in total. The first-order valence-corrected chi connectivity index (χ1v) is 7.72. The maximum Gasteiger partial charge on any atom is 0.225 e. The first-order valence-electron chi connectivity index (χ1n) is 6.91. The third-order valence-electron chi connectivity index (χ3n) is 3.42. The van der Waals surface area contributed by atoms with Crippen LogP contribution < -0.4 is 5.32 Å². The molecular weight excluding hydrogens is 296 g/mol. The number of ketones is 1. The first-order chi connectivity index (χ1) is 10.5. The predicted octanol–water partition coefficient (Wildman–Crippen LogP) is 3.84. The molecule has 0 bridgehead atoms. The SMILES string of the molecule is Cc1sc(NC(=O)CCC(=O)c2ccccc2)c(C#N)c1C. The Morgan fingerprint density at radius 2 is 1.86 bits per heavy atom.